The molecule has 2 rings (SSSR count). The second-order valence-corrected chi connectivity index (χ2v) is 4.84. The van der Waals surface area contributed by atoms with Crippen molar-refractivity contribution in [3.05, 3.63) is 22.8 Å². The van der Waals surface area contributed by atoms with Gasteiger partial charge in [0.1, 0.15) is 11.0 Å². The average Bonchev–Trinajstić information content (AvgIpc) is 2.37. The molecule has 1 aromatic rings. The number of aromatic nitrogens is 1. The van der Waals surface area contributed by atoms with Crippen LogP contribution in [0.2, 0.25) is 5.15 Å². The van der Waals surface area contributed by atoms with Crippen molar-refractivity contribution < 1.29 is 17.9 Å². The van der Waals surface area contributed by atoms with Gasteiger partial charge in [0, 0.05) is 20.2 Å². The van der Waals surface area contributed by atoms with Gasteiger partial charge in [0.05, 0.1) is 11.7 Å². The lowest BCUT2D eigenvalue weighted by atomic mass is 10.1. The maximum absolute atomic E-state index is 12.7. The highest BCUT2D eigenvalue weighted by atomic mass is 35.5. The van der Waals surface area contributed by atoms with Gasteiger partial charge in [0.15, 0.2) is 0 Å². The molecule has 0 amide bonds. The molecule has 2 heterocycles. The number of hydrogen-bond donors (Lipinski definition) is 0. The summed E-state index contributed by atoms with van der Waals surface area (Å²) < 4.78 is 43.3. The molecule has 1 aliphatic heterocycles. The highest BCUT2D eigenvalue weighted by Gasteiger charge is 2.32. The van der Waals surface area contributed by atoms with E-state index < -0.39 is 11.7 Å². The molecular formula is C12H14ClF3N2O. The largest absolute Gasteiger partial charge is 0.416 e. The molecule has 0 unspecified atom stereocenters. The van der Waals surface area contributed by atoms with Crippen LogP contribution in [0.15, 0.2) is 12.1 Å². The molecule has 0 saturated carbocycles. The molecular weight excluding hydrogens is 281 g/mol. The maximum Gasteiger partial charge on any atom is 0.416 e. The number of rotatable bonds is 2. The van der Waals surface area contributed by atoms with Crippen LogP contribution in [0.25, 0.3) is 0 Å². The molecule has 1 fully saturated rings. The average molecular weight is 295 g/mol. The summed E-state index contributed by atoms with van der Waals surface area (Å²) in [6.07, 6.45) is -2.71. The fourth-order valence-corrected chi connectivity index (χ4v) is 2.33. The van der Waals surface area contributed by atoms with E-state index in [2.05, 4.69) is 4.98 Å². The quantitative estimate of drug-likeness (QED) is 0.782. The Morgan fingerprint density at radius 1 is 1.32 bits per heavy atom. The number of nitrogens with zero attached hydrogens (tertiary/aromatic N) is 2. The van der Waals surface area contributed by atoms with Gasteiger partial charge in [0.2, 0.25) is 0 Å². The van der Waals surface area contributed by atoms with Crippen molar-refractivity contribution in [1.82, 2.24) is 4.98 Å². The summed E-state index contributed by atoms with van der Waals surface area (Å²) >= 11 is 5.67. The lowest BCUT2D eigenvalue weighted by molar-refractivity contribution is -0.137. The molecule has 106 valence electrons. The molecule has 0 N–H and O–H groups in total. The summed E-state index contributed by atoms with van der Waals surface area (Å²) in [5.74, 6) is 0.273. The van der Waals surface area contributed by atoms with Gasteiger partial charge in [0.25, 0.3) is 0 Å². The Balaban J connectivity index is 2.19. The topological polar surface area (TPSA) is 25.4 Å². The zero-order valence-corrected chi connectivity index (χ0v) is 11.1. The third kappa shape index (κ3) is 3.51. The van der Waals surface area contributed by atoms with E-state index >= 15 is 0 Å². The van der Waals surface area contributed by atoms with E-state index in [1.165, 1.54) is 0 Å². The van der Waals surface area contributed by atoms with Crippen molar-refractivity contribution in [2.75, 3.05) is 25.1 Å². The first-order valence-corrected chi connectivity index (χ1v) is 6.30. The molecule has 1 saturated heterocycles. The van der Waals surface area contributed by atoms with E-state index in [0.29, 0.717) is 13.1 Å². The summed E-state index contributed by atoms with van der Waals surface area (Å²) in [7, 11) is 1.64. The van der Waals surface area contributed by atoms with Crippen LogP contribution in [-0.2, 0) is 10.9 Å². The minimum Gasteiger partial charge on any atom is -0.381 e. The van der Waals surface area contributed by atoms with Gasteiger partial charge in [-0.25, -0.2) is 4.98 Å². The zero-order chi connectivity index (χ0) is 14.0. The summed E-state index contributed by atoms with van der Waals surface area (Å²) in [6.45, 7) is 1.23. The molecule has 0 radical (unpaired) electrons. The molecule has 0 bridgehead atoms. The molecule has 19 heavy (non-hydrogen) atoms. The van der Waals surface area contributed by atoms with Gasteiger partial charge in [-0.05, 0) is 25.0 Å². The number of hydrogen-bond acceptors (Lipinski definition) is 3. The van der Waals surface area contributed by atoms with E-state index in [-0.39, 0.29) is 17.1 Å². The Labute approximate surface area is 114 Å². The fraction of sp³-hybridized carbons (Fsp3) is 0.583. The Kier molecular flexibility index (Phi) is 4.20. The first-order chi connectivity index (χ1) is 8.90. The van der Waals surface area contributed by atoms with Gasteiger partial charge in [-0.15, -0.1) is 0 Å². The van der Waals surface area contributed by atoms with E-state index in [4.69, 9.17) is 16.3 Å². The number of methoxy groups -OCH3 is 1. The van der Waals surface area contributed by atoms with E-state index in [1.54, 1.807) is 12.0 Å². The monoisotopic (exact) mass is 294 g/mol. The second kappa shape index (κ2) is 5.54. The van der Waals surface area contributed by atoms with Gasteiger partial charge >= 0.3 is 6.18 Å². The van der Waals surface area contributed by atoms with Crippen LogP contribution in [0.5, 0.6) is 0 Å². The number of halogens is 4. The van der Waals surface area contributed by atoms with Crippen LogP contribution in [0.3, 0.4) is 0 Å². The van der Waals surface area contributed by atoms with E-state index in [1.807, 2.05) is 0 Å². The minimum atomic E-state index is -4.41. The van der Waals surface area contributed by atoms with Crippen LogP contribution in [0, 0.1) is 0 Å². The van der Waals surface area contributed by atoms with Gasteiger partial charge in [-0.3, -0.25) is 0 Å². The minimum absolute atomic E-state index is 0.140. The highest BCUT2D eigenvalue weighted by molar-refractivity contribution is 6.29. The van der Waals surface area contributed by atoms with E-state index in [0.717, 1.165) is 25.0 Å². The lowest BCUT2D eigenvalue weighted by Gasteiger charge is -2.32. The van der Waals surface area contributed by atoms with Crippen molar-refractivity contribution in [1.29, 1.82) is 0 Å². The third-order valence-corrected chi connectivity index (χ3v) is 3.40. The second-order valence-electron chi connectivity index (χ2n) is 4.46. The molecule has 0 atom stereocenters. The molecule has 0 spiro atoms. The molecule has 7 heteroatoms. The highest BCUT2D eigenvalue weighted by Crippen LogP contribution is 2.33. The van der Waals surface area contributed by atoms with Gasteiger partial charge in [-0.2, -0.15) is 13.2 Å². The van der Waals surface area contributed by atoms with Gasteiger partial charge in [-0.1, -0.05) is 11.6 Å². The lowest BCUT2D eigenvalue weighted by Crippen LogP contribution is -2.37. The SMILES string of the molecule is COC1CCN(c2cc(C(F)(F)F)cc(Cl)n2)CC1. The van der Waals surface area contributed by atoms with Crippen molar-refractivity contribution >= 4 is 17.4 Å². The maximum atomic E-state index is 12.7. The first kappa shape index (κ1) is 14.4. The first-order valence-electron chi connectivity index (χ1n) is 5.92. The smallest absolute Gasteiger partial charge is 0.381 e. The Morgan fingerprint density at radius 2 is 1.95 bits per heavy atom. The van der Waals surface area contributed by atoms with Crippen molar-refractivity contribution in [3.8, 4) is 0 Å². The fourth-order valence-electron chi connectivity index (χ4n) is 2.13. The predicted molar refractivity (Wildman–Crippen MR) is 66.5 cm³/mol. The normalized spacial score (nSPS) is 17.8. The Morgan fingerprint density at radius 3 is 2.47 bits per heavy atom. The molecule has 3 nitrogen and oxygen atoms in total. The Bertz CT molecular complexity index is 445. The summed E-state index contributed by atoms with van der Waals surface area (Å²) in [5, 5.41) is -0.140. The number of pyridine rings is 1. The number of ether oxygens (including phenoxy) is 1. The number of alkyl halides is 3. The van der Waals surface area contributed by atoms with E-state index in [9.17, 15) is 13.2 Å². The standard InChI is InChI=1S/C12H14ClF3N2O/c1-19-9-2-4-18(5-3-9)11-7-8(12(14,15)16)6-10(13)17-11/h6-7,9H,2-5H2,1H3. The van der Waals surface area contributed by atoms with Crippen LogP contribution in [0.1, 0.15) is 18.4 Å². The van der Waals surface area contributed by atoms with Crippen LogP contribution in [-0.4, -0.2) is 31.3 Å². The van der Waals surface area contributed by atoms with Crippen LogP contribution >= 0.6 is 11.6 Å². The zero-order valence-electron chi connectivity index (χ0n) is 10.4. The molecule has 0 aromatic carbocycles. The molecule has 1 aliphatic rings. The van der Waals surface area contributed by atoms with Crippen molar-refractivity contribution in [2.45, 2.75) is 25.1 Å². The van der Waals surface area contributed by atoms with Crippen molar-refractivity contribution in [2.24, 2.45) is 0 Å². The van der Waals surface area contributed by atoms with Crippen LogP contribution in [0.4, 0.5) is 19.0 Å². The number of anilines is 1. The molecule has 1 aromatic heterocycles. The summed E-state index contributed by atoms with van der Waals surface area (Å²) in [4.78, 5) is 5.77. The molecule has 0 aliphatic carbocycles. The van der Waals surface area contributed by atoms with Crippen LogP contribution < -0.4 is 4.90 Å². The van der Waals surface area contributed by atoms with Gasteiger partial charge < -0.3 is 9.64 Å². The summed E-state index contributed by atoms with van der Waals surface area (Å²) in [6, 6.07) is 1.88. The third-order valence-electron chi connectivity index (χ3n) is 3.21. The number of piperidine rings is 1. The summed E-state index contributed by atoms with van der Waals surface area (Å²) in [5.41, 5.74) is -0.767. The van der Waals surface area contributed by atoms with Crippen molar-refractivity contribution in [3.63, 3.8) is 0 Å². The predicted octanol–water partition coefficient (Wildman–Crippen LogP) is 3.37. The Hall–Kier alpha value is -1.01.